The summed E-state index contributed by atoms with van der Waals surface area (Å²) in [7, 11) is 0. The normalized spacial score (nSPS) is 18.3. The molecule has 1 spiro atoms. The first-order chi connectivity index (χ1) is 15.7. The number of hydrogen-bond acceptors (Lipinski definition) is 7. The summed E-state index contributed by atoms with van der Waals surface area (Å²) in [5.74, 6) is -0.291. The zero-order valence-corrected chi connectivity index (χ0v) is 21.1. The number of aromatic nitrogens is 3. The Hall–Kier alpha value is -2.88. The Labute approximate surface area is 203 Å². The molecule has 1 saturated carbocycles. The Morgan fingerprint density at radius 3 is 2.09 bits per heavy atom. The number of anilines is 1. The Balaban J connectivity index is 1.99. The molecule has 3 amide bonds. The average Bonchev–Trinajstić information content (AvgIpc) is 3.07. The van der Waals surface area contributed by atoms with Crippen LogP contribution in [0.1, 0.15) is 73.6 Å². The second-order valence-corrected chi connectivity index (χ2v) is 11.1. The van der Waals surface area contributed by atoms with Crippen molar-refractivity contribution in [2.75, 3.05) is 5.01 Å². The highest BCUT2D eigenvalue weighted by Gasteiger charge is 2.56. The molecule has 2 aromatic rings. The molecule has 0 saturated heterocycles. The number of hydrogen-bond donors (Lipinski definition) is 0. The molecule has 3 heterocycles. The maximum absolute atomic E-state index is 14.2. The SMILES string of the molecule is CC(C)(C)OC(=O)N1C(=O)C2(CCCCC2)n2c(cc3cnc(Cl)nc32)N1C(=O)OC(C)(C)C. The van der Waals surface area contributed by atoms with Gasteiger partial charge in [0.2, 0.25) is 5.28 Å². The fourth-order valence-corrected chi connectivity index (χ4v) is 4.67. The van der Waals surface area contributed by atoms with E-state index in [1.807, 2.05) is 0 Å². The monoisotopic (exact) mass is 491 g/mol. The zero-order chi connectivity index (χ0) is 25.1. The number of amides is 3. The molecule has 0 unspecified atom stereocenters. The number of fused-ring (bicyclic) bond motifs is 4. The summed E-state index contributed by atoms with van der Waals surface area (Å²) in [5, 5.41) is 2.33. The van der Waals surface area contributed by atoms with Crippen LogP contribution in [-0.4, -0.2) is 48.8 Å². The molecule has 0 aromatic carbocycles. The molecule has 1 fully saturated rings. The van der Waals surface area contributed by atoms with Crippen LogP contribution in [0.5, 0.6) is 0 Å². The Morgan fingerprint density at radius 2 is 1.53 bits per heavy atom. The quantitative estimate of drug-likeness (QED) is 0.467. The second kappa shape index (κ2) is 8.11. The van der Waals surface area contributed by atoms with E-state index in [0.29, 0.717) is 23.9 Å². The number of nitrogens with zero attached hydrogens (tertiary/aromatic N) is 5. The van der Waals surface area contributed by atoms with Gasteiger partial charge in [0, 0.05) is 11.6 Å². The summed E-state index contributed by atoms with van der Waals surface area (Å²) in [6.07, 6.45) is 3.16. The molecular formula is C23H30ClN5O5. The number of halogens is 1. The summed E-state index contributed by atoms with van der Waals surface area (Å²) in [6, 6.07) is 1.66. The fourth-order valence-electron chi connectivity index (χ4n) is 4.54. The Morgan fingerprint density at radius 1 is 0.971 bits per heavy atom. The van der Waals surface area contributed by atoms with Crippen molar-refractivity contribution in [2.24, 2.45) is 0 Å². The van der Waals surface area contributed by atoms with Crippen LogP contribution in [0.15, 0.2) is 12.3 Å². The van der Waals surface area contributed by atoms with Crippen molar-refractivity contribution >= 4 is 46.5 Å². The maximum Gasteiger partial charge on any atom is 0.437 e. The Bertz CT molecular complexity index is 1160. The van der Waals surface area contributed by atoms with Crippen LogP contribution < -0.4 is 5.01 Å². The molecule has 0 bridgehead atoms. The summed E-state index contributed by atoms with van der Waals surface area (Å²) in [5.41, 5.74) is -2.47. The van der Waals surface area contributed by atoms with E-state index in [9.17, 15) is 14.4 Å². The van der Waals surface area contributed by atoms with E-state index in [1.165, 1.54) is 6.20 Å². The molecule has 0 N–H and O–H groups in total. The van der Waals surface area contributed by atoms with Gasteiger partial charge in [-0.2, -0.15) is 9.99 Å². The van der Waals surface area contributed by atoms with E-state index in [4.69, 9.17) is 21.1 Å². The molecule has 0 atom stereocenters. The fraction of sp³-hybridized carbons (Fsp3) is 0.609. The average molecular weight is 492 g/mol. The molecule has 184 valence electrons. The van der Waals surface area contributed by atoms with E-state index in [1.54, 1.807) is 52.2 Å². The zero-order valence-electron chi connectivity index (χ0n) is 20.3. The highest BCUT2D eigenvalue weighted by molar-refractivity contribution is 6.28. The van der Waals surface area contributed by atoms with Gasteiger partial charge in [-0.05, 0) is 72.1 Å². The summed E-state index contributed by atoms with van der Waals surface area (Å²) < 4.78 is 12.9. The van der Waals surface area contributed by atoms with Crippen LogP contribution in [0.4, 0.5) is 15.4 Å². The maximum atomic E-state index is 14.2. The van der Waals surface area contributed by atoms with Crippen LogP contribution >= 0.6 is 11.6 Å². The van der Waals surface area contributed by atoms with Gasteiger partial charge in [-0.1, -0.05) is 19.3 Å². The van der Waals surface area contributed by atoms with Crippen LogP contribution in [0, 0.1) is 0 Å². The molecule has 1 aliphatic carbocycles. The third kappa shape index (κ3) is 4.19. The molecule has 4 rings (SSSR count). The predicted molar refractivity (Wildman–Crippen MR) is 125 cm³/mol. The van der Waals surface area contributed by atoms with Crippen molar-refractivity contribution in [3.8, 4) is 0 Å². The molecule has 1 aliphatic heterocycles. The lowest BCUT2D eigenvalue weighted by Gasteiger charge is -2.48. The van der Waals surface area contributed by atoms with Crippen LogP contribution in [0.25, 0.3) is 11.0 Å². The number of carbonyl (C=O) groups excluding carboxylic acids is 3. The van der Waals surface area contributed by atoms with Crippen molar-refractivity contribution < 1.29 is 23.9 Å². The lowest BCUT2D eigenvalue weighted by Crippen LogP contribution is -2.66. The van der Waals surface area contributed by atoms with Gasteiger partial charge < -0.3 is 9.47 Å². The predicted octanol–water partition coefficient (Wildman–Crippen LogP) is 5.18. The highest BCUT2D eigenvalue weighted by Crippen LogP contribution is 2.47. The third-order valence-electron chi connectivity index (χ3n) is 5.74. The van der Waals surface area contributed by atoms with Crippen LogP contribution in [-0.2, 0) is 19.8 Å². The third-order valence-corrected chi connectivity index (χ3v) is 5.92. The van der Waals surface area contributed by atoms with Gasteiger partial charge in [-0.15, -0.1) is 5.01 Å². The molecule has 2 aliphatic rings. The largest absolute Gasteiger partial charge is 0.442 e. The minimum absolute atomic E-state index is 0.0187. The minimum Gasteiger partial charge on any atom is -0.442 e. The Kier molecular flexibility index (Phi) is 5.78. The number of rotatable bonds is 0. The smallest absolute Gasteiger partial charge is 0.437 e. The van der Waals surface area contributed by atoms with Crippen molar-refractivity contribution in [1.82, 2.24) is 19.5 Å². The van der Waals surface area contributed by atoms with Crippen LogP contribution in [0.3, 0.4) is 0 Å². The van der Waals surface area contributed by atoms with Gasteiger partial charge in [0.1, 0.15) is 28.2 Å². The summed E-state index contributed by atoms with van der Waals surface area (Å²) in [6.45, 7) is 10.2. The van der Waals surface area contributed by atoms with Gasteiger partial charge in [0.25, 0.3) is 5.91 Å². The van der Waals surface area contributed by atoms with Gasteiger partial charge in [0.05, 0.1) is 0 Å². The molecule has 11 heteroatoms. The molecular weight excluding hydrogens is 462 g/mol. The number of imide groups is 1. The number of carbonyl (C=O) groups is 3. The summed E-state index contributed by atoms with van der Waals surface area (Å²) in [4.78, 5) is 49.4. The highest BCUT2D eigenvalue weighted by atomic mass is 35.5. The lowest BCUT2D eigenvalue weighted by atomic mass is 9.79. The van der Waals surface area contributed by atoms with E-state index in [0.717, 1.165) is 29.3 Å². The molecule has 34 heavy (non-hydrogen) atoms. The van der Waals surface area contributed by atoms with E-state index in [-0.39, 0.29) is 11.1 Å². The van der Waals surface area contributed by atoms with Gasteiger partial charge in [-0.25, -0.2) is 14.6 Å². The van der Waals surface area contributed by atoms with Gasteiger partial charge in [0.15, 0.2) is 0 Å². The lowest BCUT2D eigenvalue weighted by molar-refractivity contribution is -0.144. The standard InChI is InChI=1S/C23H30ClN5O5/c1-21(2,3)33-19(31)28-15-12-14-13-25-18(24)26-16(14)27(15)23(10-8-7-9-11-23)17(30)29(28)20(32)34-22(4,5)6/h12-13H,7-11H2,1-6H3. The van der Waals surface area contributed by atoms with E-state index < -0.39 is 34.8 Å². The van der Waals surface area contributed by atoms with Crippen LogP contribution in [0.2, 0.25) is 5.28 Å². The number of ether oxygens (including phenoxy) is 2. The second-order valence-electron chi connectivity index (χ2n) is 10.7. The first-order valence-corrected chi connectivity index (χ1v) is 11.8. The van der Waals surface area contributed by atoms with Crippen molar-refractivity contribution in [3.05, 3.63) is 17.5 Å². The number of hydrazine groups is 1. The van der Waals surface area contributed by atoms with Gasteiger partial charge >= 0.3 is 12.2 Å². The van der Waals surface area contributed by atoms with Crippen molar-refractivity contribution in [1.29, 1.82) is 0 Å². The first-order valence-electron chi connectivity index (χ1n) is 11.4. The minimum atomic E-state index is -1.12. The first kappa shape index (κ1) is 24.3. The van der Waals surface area contributed by atoms with Gasteiger partial charge in [-0.3, -0.25) is 9.36 Å². The summed E-state index contributed by atoms with van der Waals surface area (Å²) >= 11 is 6.11. The van der Waals surface area contributed by atoms with Crippen molar-refractivity contribution in [2.45, 2.75) is 90.4 Å². The molecule has 2 aromatic heterocycles. The molecule has 10 nitrogen and oxygen atoms in total. The van der Waals surface area contributed by atoms with E-state index in [2.05, 4.69) is 9.97 Å². The molecule has 0 radical (unpaired) electrons. The topological polar surface area (TPSA) is 107 Å². The van der Waals surface area contributed by atoms with Crippen molar-refractivity contribution in [3.63, 3.8) is 0 Å². The van der Waals surface area contributed by atoms with E-state index >= 15 is 0 Å².